The number of para-hydroxylation sites is 2. The molecule has 0 saturated carbocycles. The van der Waals surface area contributed by atoms with E-state index in [4.69, 9.17) is 9.15 Å². The van der Waals surface area contributed by atoms with Crippen molar-refractivity contribution in [3.05, 3.63) is 60.2 Å². The van der Waals surface area contributed by atoms with E-state index in [2.05, 4.69) is 10.3 Å². The van der Waals surface area contributed by atoms with Gasteiger partial charge in [0.15, 0.2) is 17.6 Å². The molecule has 0 fully saturated rings. The van der Waals surface area contributed by atoms with Crippen LogP contribution in [0.25, 0.3) is 11.1 Å². The topological polar surface area (TPSA) is 81.4 Å². The number of amides is 1. The Morgan fingerprint density at radius 3 is 2.81 bits per heavy atom. The molecule has 0 saturated heterocycles. The Balaban J connectivity index is 1.49. The van der Waals surface area contributed by atoms with Gasteiger partial charge >= 0.3 is 5.97 Å². The fraction of sp³-hybridized carbons (Fsp3) is 0.211. The van der Waals surface area contributed by atoms with E-state index in [-0.39, 0.29) is 12.8 Å². The van der Waals surface area contributed by atoms with Crippen molar-refractivity contribution in [2.75, 3.05) is 5.32 Å². The molecule has 3 rings (SSSR count). The van der Waals surface area contributed by atoms with Crippen molar-refractivity contribution in [3.63, 3.8) is 0 Å². The van der Waals surface area contributed by atoms with Gasteiger partial charge in [-0.25, -0.2) is 9.37 Å². The fourth-order valence-corrected chi connectivity index (χ4v) is 2.36. The maximum atomic E-state index is 13.1. The highest BCUT2D eigenvalue weighted by Crippen LogP contribution is 2.16. The molecular weight excluding hydrogens is 339 g/mol. The summed E-state index contributed by atoms with van der Waals surface area (Å²) in [5.41, 5.74) is 1.67. The maximum absolute atomic E-state index is 13.1. The molecule has 0 spiro atoms. The van der Waals surface area contributed by atoms with Gasteiger partial charge in [-0.15, -0.1) is 0 Å². The van der Waals surface area contributed by atoms with Crippen molar-refractivity contribution >= 4 is 28.7 Å². The maximum Gasteiger partial charge on any atom is 0.307 e. The zero-order chi connectivity index (χ0) is 18.5. The number of fused-ring (bicyclic) bond motifs is 1. The Morgan fingerprint density at radius 1 is 1.23 bits per heavy atom. The zero-order valence-corrected chi connectivity index (χ0v) is 14.1. The van der Waals surface area contributed by atoms with Gasteiger partial charge in [0.05, 0.1) is 6.42 Å². The Labute approximate surface area is 149 Å². The van der Waals surface area contributed by atoms with E-state index in [1.807, 2.05) is 18.2 Å². The molecule has 0 aliphatic carbocycles. The van der Waals surface area contributed by atoms with Crippen molar-refractivity contribution < 1.29 is 23.1 Å². The van der Waals surface area contributed by atoms with E-state index < -0.39 is 23.8 Å². The monoisotopic (exact) mass is 356 g/mol. The zero-order valence-electron chi connectivity index (χ0n) is 14.1. The van der Waals surface area contributed by atoms with Crippen LogP contribution in [0, 0.1) is 5.82 Å². The van der Waals surface area contributed by atoms with Crippen LogP contribution >= 0.6 is 0 Å². The van der Waals surface area contributed by atoms with Crippen molar-refractivity contribution in [1.82, 2.24) is 4.98 Å². The molecule has 1 N–H and O–H groups in total. The number of nitrogens with zero attached hydrogens (tertiary/aromatic N) is 1. The summed E-state index contributed by atoms with van der Waals surface area (Å²) < 4.78 is 23.7. The average Bonchev–Trinajstić information content (AvgIpc) is 3.03. The molecule has 0 unspecified atom stereocenters. The molecule has 1 atom stereocenters. The first kappa shape index (κ1) is 17.6. The lowest BCUT2D eigenvalue weighted by atomic mass is 10.3. The predicted octanol–water partition coefficient (Wildman–Crippen LogP) is 3.47. The molecule has 7 heteroatoms. The van der Waals surface area contributed by atoms with Gasteiger partial charge in [-0.3, -0.25) is 9.59 Å². The molecule has 0 aliphatic rings. The van der Waals surface area contributed by atoms with Crippen LogP contribution in [0.3, 0.4) is 0 Å². The van der Waals surface area contributed by atoms with E-state index in [1.54, 1.807) is 12.1 Å². The number of halogens is 1. The van der Waals surface area contributed by atoms with Gasteiger partial charge in [0.2, 0.25) is 0 Å². The standard InChI is InChI=1S/C19H17FN2O4/c1-12(19(24)21-14-6-4-5-13(20)11-14)25-18(23)10-9-17-22-15-7-2-3-8-16(15)26-17/h2-8,11-12H,9-10H2,1H3,(H,21,24)/t12-/m0/s1. The normalized spacial score (nSPS) is 11.9. The average molecular weight is 356 g/mol. The lowest BCUT2D eigenvalue weighted by Crippen LogP contribution is -2.30. The first-order valence-corrected chi connectivity index (χ1v) is 8.11. The number of aryl methyl sites for hydroxylation is 1. The number of benzene rings is 2. The minimum atomic E-state index is -1.01. The molecule has 1 aromatic heterocycles. The lowest BCUT2D eigenvalue weighted by Gasteiger charge is -2.13. The molecule has 2 aromatic carbocycles. The molecule has 26 heavy (non-hydrogen) atoms. The number of rotatable bonds is 6. The second-order valence-corrected chi connectivity index (χ2v) is 5.71. The number of carbonyl (C=O) groups excluding carboxylic acids is 2. The van der Waals surface area contributed by atoms with Gasteiger partial charge in [0.1, 0.15) is 11.3 Å². The van der Waals surface area contributed by atoms with Crippen molar-refractivity contribution in [2.24, 2.45) is 0 Å². The Bertz CT molecular complexity index is 905. The third kappa shape index (κ3) is 4.44. The first-order valence-electron chi connectivity index (χ1n) is 8.11. The van der Waals surface area contributed by atoms with Crippen LogP contribution in [-0.4, -0.2) is 23.0 Å². The van der Waals surface area contributed by atoms with Crippen LogP contribution < -0.4 is 5.32 Å². The van der Waals surface area contributed by atoms with Gasteiger partial charge in [-0.1, -0.05) is 18.2 Å². The number of esters is 1. The molecule has 1 heterocycles. The van der Waals surface area contributed by atoms with Crippen molar-refractivity contribution in [2.45, 2.75) is 25.9 Å². The van der Waals surface area contributed by atoms with Crippen LogP contribution in [0.5, 0.6) is 0 Å². The van der Waals surface area contributed by atoms with Crippen LogP contribution in [0.2, 0.25) is 0 Å². The number of hydrogen-bond acceptors (Lipinski definition) is 5. The number of anilines is 1. The van der Waals surface area contributed by atoms with Crippen molar-refractivity contribution in [1.29, 1.82) is 0 Å². The van der Waals surface area contributed by atoms with Crippen LogP contribution in [0.4, 0.5) is 10.1 Å². The van der Waals surface area contributed by atoms with E-state index in [1.165, 1.54) is 25.1 Å². The SMILES string of the molecule is C[C@H](OC(=O)CCc1nc2ccccc2o1)C(=O)Nc1cccc(F)c1. The summed E-state index contributed by atoms with van der Waals surface area (Å²) in [4.78, 5) is 28.2. The van der Waals surface area contributed by atoms with E-state index in [0.717, 1.165) is 5.52 Å². The Kier molecular flexibility index (Phi) is 5.26. The molecule has 0 radical (unpaired) electrons. The minimum Gasteiger partial charge on any atom is -0.453 e. The molecule has 134 valence electrons. The number of hydrogen-bond donors (Lipinski definition) is 1. The lowest BCUT2D eigenvalue weighted by molar-refractivity contribution is -0.153. The molecule has 3 aromatic rings. The van der Waals surface area contributed by atoms with Gasteiger partial charge in [0, 0.05) is 12.1 Å². The van der Waals surface area contributed by atoms with Crippen LogP contribution in [0.15, 0.2) is 52.9 Å². The van der Waals surface area contributed by atoms with Gasteiger partial charge in [-0.2, -0.15) is 0 Å². The highest BCUT2D eigenvalue weighted by molar-refractivity contribution is 5.95. The fourth-order valence-electron chi connectivity index (χ4n) is 2.36. The van der Waals surface area contributed by atoms with E-state index in [0.29, 0.717) is 17.2 Å². The highest BCUT2D eigenvalue weighted by atomic mass is 19.1. The first-order chi connectivity index (χ1) is 12.5. The number of nitrogens with one attached hydrogen (secondary N) is 1. The molecule has 0 bridgehead atoms. The van der Waals surface area contributed by atoms with Gasteiger partial charge in [0.25, 0.3) is 5.91 Å². The smallest absolute Gasteiger partial charge is 0.307 e. The van der Waals surface area contributed by atoms with Crippen molar-refractivity contribution in [3.8, 4) is 0 Å². The van der Waals surface area contributed by atoms with Crippen LogP contribution in [0.1, 0.15) is 19.2 Å². The summed E-state index contributed by atoms with van der Waals surface area (Å²) in [5.74, 6) is -1.12. The largest absolute Gasteiger partial charge is 0.453 e. The molecule has 0 aliphatic heterocycles. The summed E-state index contributed by atoms with van der Waals surface area (Å²) in [6.45, 7) is 1.45. The van der Waals surface area contributed by atoms with E-state index >= 15 is 0 Å². The summed E-state index contributed by atoms with van der Waals surface area (Å²) in [6, 6.07) is 12.8. The van der Waals surface area contributed by atoms with Crippen LogP contribution in [-0.2, 0) is 20.7 Å². The summed E-state index contributed by atoms with van der Waals surface area (Å²) in [5, 5.41) is 2.49. The highest BCUT2D eigenvalue weighted by Gasteiger charge is 2.18. The Hall–Kier alpha value is -3.22. The number of oxazole rings is 1. The van der Waals surface area contributed by atoms with Gasteiger partial charge < -0.3 is 14.5 Å². The summed E-state index contributed by atoms with van der Waals surface area (Å²) in [7, 11) is 0. The minimum absolute atomic E-state index is 0.0321. The number of aromatic nitrogens is 1. The summed E-state index contributed by atoms with van der Waals surface area (Å²) >= 11 is 0. The summed E-state index contributed by atoms with van der Waals surface area (Å²) in [6.07, 6.45) is -0.703. The molecule has 1 amide bonds. The second-order valence-electron chi connectivity index (χ2n) is 5.71. The quantitative estimate of drug-likeness (QED) is 0.684. The predicted molar refractivity (Wildman–Crippen MR) is 92.9 cm³/mol. The number of ether oxygens (including phenoxy) is 1. The van der Waals surface area contributed by atoms with Gasteiger partial charge in [-0.05, 0) is 37.3 Å². The third-order valence-electron chi connectivity index (χ3n) is 3.65. The van der Waals surface area contributed by atoms with E-state index in [9.17, 15) is 14.0 Å². The second kappa shape index (κ2) is 7.77. The number of carbonyl (C=O) groups is 2. The molecular formula is C19H17FN2O4. The Morgan fingerprint density at radius 2 is 2.04 bits per heavy atom. The third-order valence-corrected chi connectivity index (χ3v) is 3.65. The molecule has 6 nitrogen and oxygen atoms in total.